The van der Waals surface area contributed by atoms with Gasteiger partial charge in [0.25, 0.3) is 5.91 Å². The number of methoxy groups -OCH3 is 1. The normalized spacial score (nSPS) is 11.4. The molecule has 158 valence electrons. The van der Waals surface area contributed by atoms with Gasteiger partial charge >= 0.3 is 6.61 Å². The zero-order valence-corrected chi connectivity index (χ0v) is 17.0. The van der Waals surface area contributed by atoms with E-state index in [1.807, 2.05) is 0 Å². The van der Waals surface area contributed by atoms with E-state index in [4.69, 9.17) is 4.74 Å². The van der Waals surface area contributed by atoms with Crippen LogP contribution in [0.4, 0.5) is 8.78 Å². The van der Waals surface area contributed by atoms with Crippen molar-refractivity contribution < 1.29 is 31.5 Å². The number of ether oxygens (including phenoxy) is 2. The fourth-order valence-corrected chi connectivity index (χ4v) is 3.37. The highest BCUT2D eigenvalue weighted by atomic mass is 32.2. The van der Waals surface area contributed by atoms with Crippen LogP contribution >= 0.6 is 0 Å². The predicted octanol–water partition coefficient (Wildman–Crippen LogP) is 2.49. The third kappa shape index (κ3) is 5.88. The van der Waals surface area contributed by atoms with Crippen molar-refractivity contribution in [2.24, 2.45) is 0 Å². The zero-order chi connectivity index (χ0) is 21.6. The number of rotatable bonds is 9. The summed E-state index contributed by atoms with van der Waals surface area (Å²) in [6.07, 6.45) is 0.350. The maximum Gasteiger partial charge on any atom is 0.387 e. The van der Waals surface area contributed by atoms with E-state index in [2.05, 4.69) is 14.8 Å². The molecule has 0 fully saturated rings. The van der Waals surface area contributed by atoms with Gasteiger partial charge in [0.15, 0.2) is 11.5 Å². The fraction of sp³-hybridized carbons (Fsp3) is 0.316. The SMILES string of the molecule is CNS(=O)(=O)c1ccc(C)c(C(=O)NCCc2ccc(OC)c(OC(F)F)c2)c1. The molecule has 0 aliphatic rings. The number of nitrogens with one attached hydrogen (secondary N) is 2. The molecule has 0 aliphatic carbocycles. The maximum atomic E-state index is 12.5. The smallest absolute Gasteiger partial charge is 0.387 e. The Bertz CT molecular complexity index is 981. The number of benzene rings is 2. The maximum absolute atomic E-state index is 12.5. The highest BCUT2D eigenvalue weighted by Gasteiger charge is 2.17. The van der Waals surface area contributed by atoms with Crippen LogP contribution in [0.5, 0.6) is 11.5 Å². The molecule has 10 heteroatoms. The van der Waals surface area contributed by atoms with Crippen molar-refractivity contribution in [3.63, 3.8) is 0 Å². The molecular formula is C19H22F2N2O5S. The van der Waals surface area contributed by atoms with Gasteiger partial charge < -0.3 is 14.8 Å². The molecule has 29 heavy (non-hydrogen) atoms. The number of hydrogen-bond donors (Lipinski definition) is 2. The van der Waals surface area contributed by atoms with E-state index >= 15 is 0 Å². The molecule has 0 unspecified atom stereocenters. The van der Waals surface area contributed by atoms with Crippen LogP contribution in [-0.4, -0.2) is 41.6 Å². The van der Waals surface area contributed by atoms with Crippen LogP contribution in [0.3, 0.4) is 0 Å². The number of carbonyl (C=O) groups excluding carboxylic acids is 1. The summed E-state index contributed by atoms with van der Waals surface area (Å²) in [7, 11) is -1.04. The molecule has 0 aromatic heterocycles. The lowest BCUT2D eigenvalue weighted by Gasteiger charge is -2.12. The molecule has 0 heterocycles. The number of amides is 1. The first-order valence-corrected chi connectivity index (χ1v) is 10.1. The average Bonchev–Trinajstić information content (AvgIpc) is 2.67. The van der Waals surface area contributed by atoms with Crippen molar-refractivity contribution in [2.75, 3.05) is 20.7 Å². The lowest BCUT2D eigenvalue weighted by molar-refractivity contribution is -0.0512. The molecule has 0 saturated heterocycles. The minimum atomic E-state index is -3.67. The first-order chi connectivity index (χ1) is 13.7. The Morgan fingerprint density at radius 2 is 1.86 bits per heavy atom. The second kappa shape index (κ2) is 9.66. The molecule has 2 aromatic carbocycles. The predicted molar refractivity (Wildman–Crippen MR) is 103 cm³/mol. The number of hydrogen-bond acceptors (Lipinski definition) is 5. The first kappa shape index (κ1) is 22.6. The van der Waals surface area contributed by atoms with E-state index in [9.17, 15) is 22.0 Å². The van der Waals surface area contributed by atoms with E-state index in [1.165, 1.54) is 38.4 Å². The quantitative estimate of drug-likeness (QED) is 0.640. The van der Waals surface area contributed by atoms with Crippen molar-refractivity contribution in [3.05, 3.63) is 53.1 Å². The van der Waals surface area contributed by atoms with Gasteiger partial charge in [0.1, 0.15) is 0 Å². The third-order valence-corrected chi connectivity index (χ3v) is 5.59. The highest BCUT2D eigenvalue weighted by molar-refractivity contribution is 7.89. The first-order valence-electron chi connectivity index (χ1n) is 8.62. The number of sulfonamides is 1. The molecule has 0 spiro atoms. The number of aryl methyl sites for hydroxylation is 1. The fourth-order valence-electron chi connectivity index (χ4n) is 2.61. The van der Waals surface area contributed by atoms with Gasteiger partial charge in [0, 0.05) is 12.1 Å². The molecule has 2 rings (SSSR count). The third-order valence-electron chi connectivity index (χ3n) is 4.18. The molecule has 0 saturated carbocycles. The molecule has 2 N–H and O–H groups in total. The van der Waals surface area contributed by atoms with Gasteiger partial charge in [0.05, 0.1) is 12.0 Å². The summed E-state index contributed by atoms with van der Waals surface area (Å²) in [5.41, 5.74) is 1.51. The minimum absolute atomic E-state index is 0.0142. The second-order valence-corrected chi connectivity index (χ2v) is 7.94. The molecule has 0 radical (unpaired) electrons. The van der Waals surface area contributed by atoms with Gasteiger partial charge in [-0.05, 0) is 55.8 Å². The Labute approximate surface area is 168 Å². The van der Waals surface area contributed by atoms with Gasteiger partial charge in [-0.25, -0.2) is 13.1 Å². The van der Waals surface area contributed by atoms with Gasteiger partial charge in [0.2, 0.25) is 10.0 Å². The van der Waals surface area contributed by atoms with Gasteiger partial charge in [-0.15, -0.1) is 0 Å². The number of halogens is 2. The van der Waals surface area contributed by atoms with Gasteiger partial charge in [-0.1, -0.05) is 12.1 Å². The van der Waals surface area contributed by atoms with Crippen molar-refractivity contribution in [3.8, 4) is 11.5 Å². The van der Waals surface area contributed by atoms with Crippen molar-refractivity contribution in [1.82, 2.24) is 10.0 Å². The second-order valence-electron chi connectivity index (χ2n) is 6.05. The van der Waals surface area contributed by atoms with E-state index in [0.717, 1.165) is 0 Å². The van der Waals surface area contributed by atoms with Crippen LogP contribution in [0.2, 0.25) is 0 Å². The monoisotopic (exact) mass is 428 g/mol. The molecule has 0 atom stereocenters. The van der Waals surface area contributed by atoms with Crippen LogP contribution in [0, 0.1) is 6.92 Å². The summed E-state index contributed by atoms with van der Waals surface area (Å²) in [6, 6.07) is 8.87. The van der Waals surface area contributed by atoms with Crippen molar-refractivity contribution >= 4 is 15.9 Å². The number of alkyl halides is 2. The molecule has 2 aromatic rings. The van der Waals surface area contributed by atoms with Crippen LogP contribution in [0.15, 0.2) is 41.3 Å². The Morgan fingerprint density at radius 3 is 2.48 bits per heavy atom. The Hall–Kier alpha value is -2.72. The molecule has 1 amide bonds. The highest BCUT2D eigenvalue weighted by Crippen LogP contribution is 2.29. The summed E-state index contributed by atoms with van der Waals surface area (Å²) in [5, 5.41) is 2.70. The van der Waals surface area contributed by atoms with E-state index in [1.54, 1.807) is 19.1 Å². The zero-order valence-electron chi connectivity index (χ0n) is 16.2. The van der Waals surface area contributed by atoms with E-state index in [-0.39, 0.29) is 28.5 Å². The van der Waals surface area contributed by atoms with Crippen LogP contribution < -0.4 is 19.5 Å². The van der Waals surface area contributed by atoms with Crippen molar-refractivity contribution in [2.45, 2.75) is 24.9 Å². The molecule has 7 nitrogen and oxygen atoms in total. The molecule has 0 aliphatic heterocycles. The summed E-state index contributed by atoms with van der Waals surface area (Å²) in [4.78, 5) is 12.5. The Kier molecular flexibility index (Phi) is 7.52. The summed E-state index contributed by atoms with van der Waals surface area (Å²) in [5.74, 6) is -0.350. The average molecular weight is 428 g/mol. The summed E-state index contributed by atoms with van der Waals surface area (Å²) >= 11 is 0. The van der Waals surface area contributed by atoms with Gasteiger partial charge in [-0.2, -0.15) is 8.78 Å². The summed E-state index contributed by atoms with van der Waals surface area (Å²) in [6.45, 7) is -1.08. The number of carbonyl (C=O) groups is 1. The molecule has 0 bridgehead atoms. The lowest BCUT2D eigenvalue weighted by atomic mass is 10.1. The topological polar surface area (TPSA) is 93.7 Å². The Morgan fingerprint density at radius 1 is 1.14 bits per heavy atom. The van der Waals surface area contributed by atoms with Crippen LogP contribution in [-0.2, 0) is 16.4 Å². The largest absolute Gasteiger partial charge is 0.493 e. The van der Waals surface area contributed by atoms with E-state index < -0.39 is 22.5 Å². The lowest BCUT2D eigenvalue weighted by Crippen LogP contribution is -2.27. The minimum Gasteiger partial charge on any atom is -0.493 e. The standard InChI is InChI=1S/C19H22F2N2O5S/c1-12-4-6-14(29(25,26)22-2)11-15(12)18(24)23-9-8-13-5-7-16(27-3)17(10-13)28-19(20)21/h4-7,10-11,19,22H,8-9H2,1-3H3,(H,23,24). The van der Waals surface area contributed by atoms with Crippen molar-refractivity contribution in [1.29, 1.82) is 0 Å². The summed E-state index contributed by atoms with van der Waals surface area (Å²) < 4.78 is 60.5. The van der Waals surface area contributed by atoms with Crippen LogP contribution in [0.1, 0.15) is 21.5 Å². The Balaban J connectivity index is 2.08. The van der Waals surface area contributed by atoms with Crippen LogP contribution in [0.25, 0.3) is 0 Å². The van der Waals surface area contributed by atoms with E-state index in [0.29, 0.717) is 17.5 Å². The molecular weight excluding hydrogens is 406 g/mol. The van der Waals surface area contributed by atoms with Gasteiger partial charge in [-0.3, -0.25) is 4.79 Å².